The first-order chi connectivity index (χ1) is 10.8. The van der Waals surface area contributed by atoms with Crippen LogP contribution in [0.1, 0.15) is 34.7 Å². The van der Waals surface area contributed by atoms with Crippen molar-refractivity contribution in [3.63, 3.8) is 0 Å². The van der Waals surface area contributed by atoms with Gasteiger partial charge in [0.25, 0.3) is 0 Å². The molecule has 3 heterocycles. The molecule has 0 saturated heterocycles. The lowest BCUT2D eigenvalue weighted by Gasteiger charge is -2.33. The Balaban J connectivity index is 1.65. The fraction of sp³-hybridized carbons (Fsp3) is 0.294. The van der Waals surface area contributed by atoms with Crippen LogP contribution in [0.5, 0.6) is 0 Å². The Morgan fingerprint density at radius 1 is 1.27 bits per heavy atom. The monoisotopic (exact) mass is 309 g/mol. The van der Waals surface area contributed by atoms with E-state index in [1.165, 1.54) is 16.0 Å². The normalized spacial score (nSPS) is 25.6. The lowest BCUT2D eigenvalue weighted by atomic mass is 9.80. The van der Waals surface area contributed by atoms with Gasteiger partial charge in [-0.05, 0) is 18.4 Å². The van der Waals surface area contributed by atoms with Crippen LogP contribution in [-0.2, 0) is 6.42 Å². The van der Waals surface area contributed by atoms with E-state index in [-0.39, 0.29) is 12.0 Å². The molecule has 1 aliphatic carbocycles. The van der Waals surface area contributed by atoms with E-state index < -0.39 is 6.10 Å². The Kier molecular flexibility index (Phi) is 2.57. The van der Waals surface area contributed by atoms with Crippen molar-refractivity contribution in [3.8, 4) is 11.3 Å². The molecule has 0 radical (unpaired) electrons. The van der Waals surface area contributed by atoms with E-state index in [1.54, 1.807) is 11.3 Å². The number of rotatable bonds is 1. The molecule has 1 aromatic carbocycles. The predicted octanol–water partition coefficient (Wildman–Crippen LogP) is 3.21. The maximum atomic E-state index is 10.9. The van der Waals surface area contributed by atoms with Crippen LogP contribution in [0.3, 0.4) is 0 Å². The summed E-state index contributed by atoms with van der Waals surface area (Å²) < 4.78 is 2.22. The average molecular weight is 309 g/mol. The molecular weight excluding hydrogens is 294 g/mol. The second-order valence-corrected chi connectivity index (χ2v) is 6.97. The van der Waals surface area contributed by atoms with E-state index in [0.29, 0.717) is 0 Å². The standard InChI is InChI=1S/C17H15N3OS/c21-17-12(5-6-14-15(17)19-9-22-14)16-11-4-2-1-3-10(11)13-7-18-8-20(13)16/h1-4,7-9,12,16-17,21H,5-6H2/t12?,16?,17-/m1/s1. The molecule has 0 amide bonds. The summed E-state index contributed by atoms with van der Waals surface area (Å²) in [5.74, 6) is 0.145. The van der Waals surface area contributed by atoms with Gasteiger partial charge in [-0.25, -0.2) is 9.97 Å². The van der Waals surface area contributed by atoms with Crippen LogP contribution >= 0.6 is 11.3 Å². The average Bonchev–Trinajstić information content (AvgIpc) is 3.23. The first-order valence-electron chi connectivity index (χ1n) is 7.56. The molecule has 2 aliphatic rings. The molecule has 5 heteroatoms. The smallest absolute Gasteiger partial charge is 0.102 e. The lowest BCUT2D eigenvalue weighted by Crippen LogP contribution is -2.28. The van der Waals surface area contributed by atoms with Crippen molar-refractivity contribution in [2.24, 2.45) is 5.92 Å². The lowest BCUT2D eigenvalue weighted by molar-refractivity contribution is 0.0692. The van der Waals surface area contributed by atoms with Gasteiger partial charge < -0.3 is 9.67 Å². The minimum Gasteiger partial charge on any atom is -0.386 e. The second kappa shape index (κ2) is 4.51. The van der Waals surface area contributed by atoms with Gasteiger partial charge in [0.05, 0.1) is 35.5 Å². The summed E-state index contributed by atoms with van der Waals surface area (Å²) in [7, 11) is 0. The number of nitrogens with zero attached hydrogens (tertiary/aromatic N) is 3. The Bertz CT molecular complexity index is 853. The van der Waals surface area contributed by atoms with Gasteiger partial charge in [0.15, 0.2) is 0 Å². The molecule has 0 bridgehead atoms. The Morgan fingerprint density at radius 3 is 3.14 bits per heavy atom. The van der Waals surface area contributed by atoms with Crippen molar-refractivity contribution >= 4 is 11.3 Å². The molecule has 5 rings (SSSR count). The van der Waals surface area contributed by atoms with Crippen LogP contribution in [0.25, 0.3) is 11.3 Å². The number of aromatic nitrogens is 3. The number of aliphatic hydroxyl groups excluding tert-OH is 1. The van der Waals surface area contributed by atoms with E-state index in [2.05, 4.69) is 38.8 Å². The topological polar surface area (TPSA) is 50.9 Å². The van der Waals surface area contributed by atoms with Crippen LogP contribution in [0, 0.1) is 5.92 Å². The molecule has 3 atom stereocenters. The van der Waals surface area contributed by atoms with Crippen molar-refractivity contribution < 1.29 is 5.11 Å². The quantitative estimate of drug-likeness (QED) is 0.751. The Labute approximate surface area is 132 Å². The van der Waals surface area contributed by atoms with Gasteiger partial charge in [0.1, 0.15) is 6.10 Å². The fourth-order valence-corrected chi connectivity index (χ4v) is 4.83. The molecule has 0 spiro atoms. The fourth-order valence-electron chi connectivity index (χ4n) is 4.01. The highest BCUT2D eigenvalue weighted by molar-refractivity contribution is 7.09. The highest BCUT2D eigenvalue weighted by atomic mass is 32.1. The molecule has 3 aromatic rings. The summed E-state index contributed by atoms with van der Waals surface area (Å²) in [6, 6.07) is 8.62. The molecule has 110 valence electrons. The summed E-state index contributed by atoms with van der Waals surface area (Å²) in [5, 5.41) is 10.9. The number of thiazole rings is 1. The number of aryl methyl sites for hydroxylation is 1. The van der Waals surface area contributed by atoms with Crippen molar-refractivity contribution in [1.29, 1.82) is 0 Å². The van der Waals surface area contributed by atoms with Crippen LogP contribution in [0.2, 0.25) is 0 Å². The highest BCUT2D eigenvalue weighted by Gasteiger charge is 2.41. The first-order valence-corrected chi connectivity index (χ1v) is 8.44. The largest absolute Gasteiger partial charge is 0.386 e. The molecular formula is C17H15N3OS. The first kappa shape index (κ1) is 12.6. The van der Waals surface area contributed by atoms with Gasteiger partial charge in [-0.15, -0.1) is 11.3 Å². The summed E-state index contributed by atoms with van der Waals surface area (Å²) in [4.78, 5) is 9.95. The van der Waals surface area contributed by atoms with Crippen molar-refractivity contribution in [2.75, 3.05) is 0 Å². The molecule has 1 aliphatic heterocycles. The third-order valence-electron chi connectivity index (χ3n) is 4.99. The number of benzene rings is 1. The van der Waals surface area contributed by atoms with Gasteiger partial charge in [0.2, 0.25) is 0 Å². The minimum atomic E-state index is -0.499. The highest BCUT2D eigenvalue weighted by Crippen LogP contribution is 2.49. The van der Waals surface area contributed by atoms with Crippen molar-refractivity contribution in [2.45, 2.75) is 25.0 Å². The van der Waals surface area contributed by atoms with E-state index >= 15 is 0 Å². The van der Waals surface area contributed by atoms with Crippen LogP contribution in [0.15, 0.2) is 42.3 Å². The molecule has 2 aromatic heterocycles. The zero-order chi connectivity index (χ0) is 14.7. The molecule has 2 unspecified atom stereocenters. The van der Waals surface area contributed by atoms with E-state index in [1.807, 2.05) is 18.0 Å². The van der Waals surface area contributed by atoms with Crippen molar-refractivity contribution in [3.05, 3.63) is 58.4 Å². The third-order valence-corrected chi connectivity index (χ3v) is 5.90. The van der Waals surface area contributed by atoms with E-state index in [9.17, 15) is 5.11 Å². The SMILES string of the molecule is O[C@H]1c2ncsc2CCC1C1c2ccccc2-c2cncn21. The number of aliphatic hydroxyl groups is 1. The zero-order valence-corrected chi connectivity index (χ0v) is 12.7. The summed E-state index contributed by atoms with van der Waals surface area (Å²) in [6.45, 7) is 0. The minimum absolute atomic E-state index is 0.145. The number of hydrogen-bond donors (Lipinski definition) is 1. The van der Waals surface area contributed by atoms with Gasteiger partial charge >= 0.3 is 0 Å². The molecule has 0 saturated carbocycles. The summed E-state index contributed by atoms with van der Waals surface area (Å²) >= 11 is 1.66. The molecule has 1 N–H and O–H groups in total. The van der Waals surface area contributed by atoms with Crippen LogP contribution in [0.4, 0.5) is 0 Å². The molecule has 4 nitrogen and oxygen atoms in total. The number of hydrogen-bond acceptors (Lipinski definition) is 4. The van der Waals surface area contributed by atoms with Crippen LogP contribution in [-0.4, -0.2) is 19.6 Å². The predicted molar refractivity (Wildman–Crippen MR) is 84.7 cm³/mol. The Hall–Kier alpha value is -1.98. The molecule has 0 fully saturated rings. The maximum absolute atomic E-state index is 10.9. The number of fused-ring (bicyclic) bond motifs is 4. The van der Waals surface area contributed by atoms with E-state index in [0.717, 1.165) is 24.2 Å². The van der Waals surface area contributed by atoms with E-state index in [4.69, 9.17) is 0 Å². The van der Waals surface area contributed by atoms with Crippen LogP contribution < -0.4 is 0 Å². The van der Waals surface area contributed by atoms with Crippen molar-refractivity contribution in [1.82, 2.24) is 14.5 Å². The summed E-state index contributed by atoms with van der Waals surface area (Å²) in [6.07, 6.45) is 5.30. The van der Waals surface area contributed by atoms with Gasteiger partial charge in [0, 0.05) is 16.4 Å². The van der Waals surface area contributed by atoms with Gasteiger partial charge in [-0.3, -0.25) is 0 Å². The third kappa shape index (κ3) is 1.55. The number of imidazole rings is 1. The second-order valence-electron chi connectivity index (χ2n) is 6.03. The molecule has 22 heavy (non-hydrogen) atoms. The summed E-state index contributed by atoms with van der Waals surface area (Å²) in [5.41, 5.74) is 6.41. The van der Waals surface area contributed by atoms with Gasteiger partial charge in [-0.1, -0.05) is 24.3 Å². The Morgan fingerprint density at radius 2 is 2.18 bits per heavy atom. The zero-order valence-electron chi connectivity index (χ0n) is 11.9. The maximum Gasteiger partial charge on any atom is 0.102 e. The van der Waals surface area contributed by atoms with Gasteiger partial charge in [-0.2, -0.15) is 0 Å².